The van der Waals surface area contributed by atoms with E-state index in [9.17, 15) is 22.1 Å². The zero-order valence-electron chi connectivity index (χ0n) is 12.0. The molecule has 0 aliphatic carbocycles. The molecule has 0 heterocycles. The Morgan fingerprint density at radius 1 is 1.24 bits per heavy atom. The number of nitrogens with one attached hydrogen (secondary N) is 1. The molecule has 21 heavy (non-hydrogen) atoms. The number of anilines is 1. The van der Waals surface area contributed by atoms with Crippen molar-refractivity contribution >= 4 is 22.8 Å². The second kappa shape index (κ2) is 6.23. The van der Waals surface area contributed by atoms with Crippen molar-refractivity contribution in [3.05, 3.63) is 29.6 Å². The molecule has 118 valence electrons. The Kier molecular flexibility index (Phi) is 5.27. The first kappa shape index (κ1) is 17.8. The normalized spacial score (nSPS) is 15.0. The van der Waals surface area contributed by atoms with Crippen molar-refractivity contribution in [1.29, 1.82) is 0 Å². The van der Waals surface area contributed by atoms with E-state index in [1.54, 1.807) is 20.8 Å². The van der Waals surface area contributed by atoms with Crippen LogP contribution in [0, 0.1) is 5.82 Å². The van der Waals surface area contributed by atoms with E-state index in [4.69, 9.17) is 0 Å². The van der Waals surface area contributed by atoms with Crippen LogP contribution in [0.25, 0.3) is 0 Å². The summed E-state index contributed by atoms with van der Waals surface area (Å²) < 4.78 is 65.6. The molecule has 0 spiro atoms. The summed E-state index contributed by atoms with van der Waals surface area (Å²) >= 11 is -1.62. The Hall–Kier alpha value is -1.28. The van der Waals surface area contributed by atoms with Crippen LogP contribution >= 0.6 is 0 Å². The van der Waals surface area contributed by atoms with Gasteiger partial charge in [0.1, 0.15) is 21.9 Å². The molecule has 3 nitrogen and oxygen atoms in total. The summed E-state index contributed by atoms with van der Waals surface area (Å²) in [6, 6.07) is 2.87. The van der Waals surface area contributed by atoms with Gasteiger partial charge < -0.3 is 4.55 Å². The van der Waals surface area contributed by atoms with Gasteiger partial charge >= 0.3 is 6.30 Å². The van der Waals surface area contributed by atoms with E-state index in [0.29, 0.717) is 0 Å². The lowest BCUT2D eigenvalue weighted by Gasteiger charge is -2.19. The standard InChI is InChI=1S/C13H16F4N2OS/c1-8(19-21(20)12(2,3)4)10-7-9(5-6-11(10)14)18-13(15,16)17/h5-7,18H,1-4H3/b19-8+/t21-/m1/s1. The molecule has 8 heteroatoms. The zero-order chi connectivity index (χ0) is 16.4. The topological polar surface area (TPSA) is 47.5 Å². The number of halogens is 4. The van der Waals surface area contributed by atoms with Crippen LogP contribution in [-0.4, -0.2) is 21.3 Å². The summed E-state index contributed by atoms with van der Waals surface area (Å²) in [5, 5.41) is 1.29. The van der Waals surface area contributed by atoms with E-state index in [0.717, 1.165) is 18.2 Å². The van der Waals surface area contributed by atoms with Crippen LogP contribution in [0.5, 0.6) is 0 Å². The van der Waals surface area contributed by atoms with E-state index < -0.39 is 28.2 Å². The Labute approximate surface area is 123 Å². The number of nitrogens with zero attached hydrogens (tertiary/aromatic N) is 1. The van der Waals surface area contributed by atoms with Crippen molar-refractivity contribution in [1.82, 2.24) is 0 Å². The lowest BCUT2D eigenvalue weighted by Crippen LogP contribution is -2.27. The molecule has 0 aromatic heterocycles. The fraction of sp³-hybridized carbons (Fsp3) is 0.462. The van der Waals surface area contributed by atoms with E-state index in [-0.39, 0.29) is 17.0 Å². The van der Waals surface area contributed by atoms with Crippen LogP contribution < -0.4 is 5.32 Å². The lowest BCUT2D eigenvalue weighted by molar-refractivity contribution is -0.0999. The number of benzene rings is 1. The van der Waals surface area contributed by atoms with Gasteiger partial charge in [0.15, 0.2) is 0 Å². The number of alkyl halides is 3. The van der Waals surface area contributed by atoms with Crippen LogP contribution in [0.15, 0.2) is 22.6 Å². The van der Waals surface area contributed by atoms with Crippen LogP contribution in [0.4, 0.5) is 23.2 Å². The average molecular weight is 324 g/mol. The van der Waals surface area contributed by atoms with E-state index in [1.165, 1.54) is 12.2 Å². The second-order valence-corrected chi connectivity index (χ2v) is 7.26. The summed E-state index contributed by atoms with van der Waals surface area (Å²) in [7, 11) is 0. The molecule has 1 rings (SSSR count). The SMILES string of the molecule is C/C(=N\[S@+]([O-])C(C)(C)C)c1cc(NC(F)(F)F)ccc1F. The second-order valence-electron chi connectivity index (χ2n) is 5.36. The maximum atomic E-state index is 13.7. The third kappa shape index (κ3) is 5.55. The van der Waals surface area contributed by atoms with E-state index in [2.05, 4.69) is 4.40 Å². The van der Waals surface area contributed by atoms with Gasteiger partial charge in [0.25, 0.3) is 0 Å². The molecular formula is C13H16F4N2OS. The van der Waals surface area contributed by atoms with Crippen LogP contribution in [-0.2, 0) is 11.4 Å². The van der Waals surface area contributed by atoms with Crippen molar-refractivity contribution in [2.45, 2.75) is 38.7 Å². The maximum Gasteiger partial charge on any atom is 0.482 e. The monoisotopic (exact) mass is 324 g/mol. The van der Waals surface area contributed by atoms with Gasteiger partial charge in [-0.3, -0.25) is 5.32 Å². The van der Waals surface area contributed by atoms with Gasteiger partial charge in [-0.1, -0.05) is 4.40 Å². The Morgan fingerprint density at radius 3 is 2.29 bits per heavy atom. The molecule has 1 atom stereocenters. The molecule has 0 aliphatic heterocycles. The molecule has 0 unspecified atom stereocenters. The van der Waals surface area contributed by atoms with Crippen molar-refractivity contribution in [3.8, 4) is 0 Å². The van der Waals surface area contributed by atoms with Crippen LogP contribution in [0.1, 0.15) is 33.3 Å². The summed E-state index contributed by atoms with van der Waals surface area (Å²) in [6.07, 6.45) is -4.62. The highest BCUT2D eigenvalue weighted by Crippen LogP contribution is 2.24. The Morgan fingerprint density at radius 2 is 1.81 bits per heavy atom. The first-order valence-electron chi connectivity index (χ1n) is 6.02. The van der Waals surface area contributed by atoms with Gasteiger partial charge in [-0.15, -0.1) is 0 Å². The van der Waals surface area contributed by atoms with Crippen LogP contribution in [0.3, 0.4) is 0 Å². The fourth-order valence-electron chi connectivity index (χ4n) is 1.35. The van der Waals surface area contributed by atoms with Gasteiger partial charge in [0.2, 0.25) is 0 Å². The quantitative estimate of drug-likeness (QED) is 0.395. The highest BCUT2D eigenvalue weighted by atomic mass is 32.2. The Bertz CT molecular complexity index is 538. The molecule has 0 bridgehead atoms. The lowest BCUT2D eigenvalue weighted by atomic mass is 10.1. The third-order valence-corrected chi connectivity index (χ3v) is 3.87. The molecule has 0 aliphatic rings. The molecular weight excluding hydrogens is 308 g/mol. The molecule has 0 saturated carbocycles. The van der Waals surface area contributed by atoms with E-state index in [1.807, 2.05) is 0 Å². The minimum absolute atomic E-state index is 0.0755. The summed E-state index contributed by atoms with van der Waals surface area (Å²) in [5.41, 5.74) is -0.358. The molecule has 1 N–H and O–H groups in total. The smallest absolute Gasteiger partial charge is 0.482 e. The summed E-state index contributed by atoms with van der Waals surface area (Å²) in [4.78, 5) is 0. The maximum absolute atomic E-state index is 13.7. The Balaban J connectivity index is 3.12. The van der Waals surface area contributed by atoms with Crippen molar-refractivity contribution in [3.63, 3.8) is 0 Å². The molecule has 0 radical (unpaired) electrons. The molecule has 0 fully saturated rings. The fourth-order valence-corrected chi connectivity index (χ4v) is 1.98. The molecule has 1 aromatic rings. The molecule has 0 saturated heterocycles. The van der Waals surface area contributed by atoms with Gasteiger partial charge in [0, 0.05) is 11.3 Å². The highest BCUT2D eigenvalue weighted by molar-refractivity contribution is 7.91. The van der Waals surface area contributed by atoms with Gasteiger partial charge in [-0.2, -0.15) is 13.2 Å². The van der Waals surface area contributed by atoms with E-state index >= 15 is 0 Å². The summed E-state index contributed by atoms with van der Waals surface area (Å²) in [6.45, 7) is 6.48. The number of rotatable bonds is 3. The predicted octanol–water partition coefficient (Wildman–Crippen LogP) is 4.03. The first-order valence-corrected chi connectivity index (χ1v) is 7.13. The van der Waals surface area contributed by atoms with Crippen molar-refractivity contribution in [2.75, 3.05) is 5.32 Å². The largest absolute Gasteiger partial charge is 0.591 e. The minimum atomic E-state index is -4.62. The summed E-state index contributed by atoms with van der Waals surface area (Å²) in [5.74, 6) is -0.727. The van der Waals surface area contributed by atoms with Gasteiger partial charge in [-0.25, -0.2) is 4.39 Å². The average Bonchev–Trinajstić information content (AvgIpc) is 2.28. The number of hydrogen-bond donors (Lipinski definition) is 1. The van der Waals surface area contributed by atoms with Crippen molar-refractivity contribution in [2.24, 2.45) is 4.40 Å². The molecule has 1 aromatic carbocycles. The van der Waals surface area contributed by atoms with Crippen LogP contribution in [0.2, 0.25) is 0 Å². The van der Waals surface area contributed by atoms with Crippen molar-refractivity contribution < 1.29 is 22.1 Å². The van der Waals surface area contributed by atoms with Gasteiger partial charge in [0.05, 0.1) is 5.71 Å². The molecule has 0 amide bonds. The van der Waals surface area contributed by atoms with Gasteiger partial charge in [-0.05, 0) is 45.9 Å². The minimum Gasteiger partial charge on any atom is -0.591 e. The highest BCUT2D eigenvalue weighted by Gasteiger charge is 2.29. The predicted molar refractivity (Wildman–Crippen MR) is 76.2 cm³/mol. The zero-order valence-corrected chi connectivity index (χ0v) is 12.8. The number of hydrogen-bond acceptors (Lipinski definition) is 3. The third-order valence-electron chi connectivity index (χ3n) is 2.39. The first-order chi connectivity index (χ1) is 9.40.